The molecule has 0 aliphatic carbocycles. The highest BCUT2D eigenvalue weighted by Crippen LogP contribution is 2.23. The molecule has 0 radical (unpaired) electrons. The van der Waals surface area contributed by atoms with E-state index in [2.05, 4.69) is 0 Å². The summed E-state index contributed by atoms with van der Waals surface area (Å²) in [7, 11) is 0. The van der Waals surface area contributed by atoms with Crippen molar-refractivity contribution in [2.45, 2.75) is 6.42 Å². The first-order chi connectivity index (χ1) is 10.2. The van der Waals surface area contributed by atoms with Crippen LogP contribution in [0.15, 0.2) is 48.5 Å². The Labute approximate surface area is 122 Å². The number of carbonyl (C=O) groups excluding carboxylic acids is 1. The fourth-order valence-electron chi connectivity index (χ4n) is 1.70. The van der Waals surface area contributed by atoms with E-state index in [9.17, 15) is 9.90 Å². The minimum absolute atomic E-state index is 0.0248. The van der Waals surface area contributed by atoms with Gasteiger partial charge < -0.3 is 19.7 Å². The molecule has 0 saturated carbocycles. The minimum atomic E-state index is -0.632. The number of hydrogen-bond donors (Lipinski definition) is 2. The van der Waals surface area contributed by atoms with Crippen molar-refractivity contribution in [3.8, 4) is 17.2 Å². The maximum Gasteiger partial charge on any atom is 0.341 e. The number of benzene rings is 2. The number of rotatable bonds is 6. The summed E-state index contributed by atoms with van der Waals surface area (Å²) in [5, 5.41) is 18.7. The average molecular weight is 288 g/mol. The van der Waals surface area contributed by atoms with E-state index in [4.69, 9.17) is 14.6 Å². The fourth-order valence-corrected chi connectivity index (χ4v) is 1.70. The van der Waals surface area contributed by atoms with Gasteiger partial charge in [0, 0.05) is 12.5 Å². The van der Waals surface area contributed by atoms with Gasteiger partial charge in [0.1, 0.15) is 22.8 Å². The molecule has 0 aliphatic rings. The molecule has 2 rings (SSSR count). The molecule has 0 heterocycles. The van der Waals surface area contributed by atoms with Crippen molar-refractivity contribution in [2.24, 2.45) is 0 Å². The zero-order chi connectivity index (χ0) is 15.1. The molecular formula is C16H16O5. The number of ether oxygens (including phenoxy) is 2. The number of carbonyl (C=O) groups is 1. The molecule has 0 amide bonds. The second-order valence-corrected chi connectivity index (χ2v) is 4.35. The van der Waals surface area contributed by atoms with E-state index < -0.39 is 5.97 Å². The molecule has 0 spiro atoms. The lowest BCUT2D eigenvalue weighted by Gasteiger charge is -2.08. The fraction of sp³-hybridized carbons (Fsp3) is 0.188. The van der Waals surface area contributed by atoms with Crippen LogP contribution in [0.3, 0.4) is 0 Å². The van der Waals surface area contributed by atoms with Crippen LogP contribution in [0, 0.1) is 0 Å². The Hall–Kier alpha value is -2.69. The van der Waals surface area contributed by atoms with Gasteiger partial charge in [-0.2, -0.15) is 0 Å². The van der Waals surface area contributed by atoms with E-state index >= 15 is 0 Å². The van der Waals surface area contributed by atoms with E-state index in [0.29, 0.717) is 13.0 Å². The SMILES string of the molecule is O=C(OCCCOc1ccccc1)c1ccc(O)cc1O. The highest BCUT2D eigenvalue weighted by Gasteiger charge is 2.12. The largest absolute Gasteiger partial charge is 0.508 e. The number of phenolic OH excluding ortho intramolecular Hbond substituents is 2. The van der Waals surface area contributed by atoms with Gasteiger partial charge in [-0.3, -0.25) is 0 Å². The Kier molecular flexibility index (Phi) is 5.04. The molecule has 0 unspecified atom stereocenters. The Morgan fingerprint density at radius 3 is 2.48 bits per heavy atom. The first kappa shape index (κ1) is 14.7. The summed E-state index contributed by atoms with van der Waals surface area (Å²) >= 11 is 0. The number of esters is 1. The standard InChI is InChI=1S/C16H16O5/c17-12-7-8-14(15(18)11-12)16(19)21-10-4-9-20-13-5-2-1-3-6-13/h1-3,5-8,11,17-18H,4,9-10H2. The summed E-state index contributed by atoms with van der Waals surface area (Å²) in [6.45, 7) is 0.616. The van der Waals surface area contributed by atoms with Crippen molar-refractivity contribution in [1.29, 1.82) is 0 Å². The zero-order valence-corrected chi connectivity index (χ0v) is 11.4. The van der Waals surface area contributed by atoms with E-state index in [0.717, 1.165) is 11.8 Å². The highest BCUT2D eigenvalue weighted by atomic mass is 16.5. The maximum absolute atomic E-state index is 11.7. The molecule has 0 bridgehead atoms. The third-order valence-electron chi connectivity index (χ3n) is 2.73. The molecule has 2 aromatic carbocycles. The summed E-state index contributed by atoms with van der Waals surface area (Å²) in [5.74, 6) is -0.284. The number of para-hydroxylation sites is 1. The molecule has 0 saturated heterocycles. The Balaban J connectivity index is 1.72. The monoisotopic (exact) mass is 288 g/mol. The van der Waals surface area contributed by atoms with Crippen molar-refractivity contribution in [3.63, 3.8) is 0 Å². The van der Waals surface area contributed by atoms with Gasteiger partial charge >= 0.3 is 5.97 Å². The Bertz CT molecular complexity index is 595. The first-order valence-corrected chi connectivity index (χ1v) is 6.54. The van der Waals surface area contributed by atoms with Crippen LogP contribution in [0.5, 0.6) is 17.2 Å². The van der Waals surface area contributed by atoms with Crippen LogP contribution in [0.25, 0.3) is 0 Å². The van der Waals surface area contributed by atoms with Gasteiger partial charge in [0.2, 0.25) is 0 Å². The summed E-state index contributed by atoms with van der Waals surface area (Å²) in [6.07, 6.45) is 0.541. The molecule has 0 aromatic heterocycles. The number of hydrogen-bond acceptors (Lipinski definition) is 5. The summed E-state index contributed by atoms with van der Waals surface area (Å²) < 4.78 is 10.5. The zero-order valence-electron chi connectivity index (χ0n) is 11.4. The normalized spacial score (nSPS) is 10.1. The van der Waals surface area contributed by atoms with Crippen LogP contribution in [0.4, 0.5) is 0 Å². The summed E-state index contributed by atoms with van der Waals surface area (Å²) in [4.78, 5) is 11.7. The quantitative estimate of drug-likeness (QED) is 0.631. The minimum Gasteiger partial charge on any atom is -0.508 e. The van der Waals surface area contributed by atoms with Crippen molar-refractivity contribution in [2.75, 3.05) is 13.2 Å². The Morgan fingerprint density at radius 2 is 1.76 bits per heavy atom. The molecule has 110 valence electrons. The molecular weight excluding hydrogens is 272 g/mol. The van der Waals surface area contributed by atoms with Crippen LogP contribution in [0.1, 0.15) is 16.8 Å². The van der Waals surface area contributed by atoms with E-state index in [1.807, 2.05) is 30.3 Å². The smallest absolute Gasteiger partial charge is 0.341 e. The van der Waals surface area contributed by atoms with Gasteiger partial charge in [0.25, 0.3) is 0 Å². The first-order valence-electron chi connectivity index (χ1n) is 6.54. The maximum atomic E-state index is 11.7. The van der Waals surface area contributed by atoms with Gasteiger partial charge in [0.05, 0.1) is 13.2 Å². The lowest BCUT2D eigenvalue weighted by atomic mass is 10.2. The Morgan fingerprint density at radius 1 is 1.00 bits per heavy atom. The van der Waals surface area contributed by atoms with Crippen LogP contribution >= 0.6 is 0 Å². The molecule has 2 aromatic rings. The predicted octanol–water partition coefficient (Wildman–Crippen LogP) is 2.72. The van der Waals surface area contributed by atoms with Crippen molar-refractivity contribution in [1.82, 2.24) is 0 Å². The van der Waals surface area contributed by atoms with Crippen LogP contribution in [-0.4, -0.2) is 29.4 Å². The third-order valence-corrected chi connectivity index (χ3v) is 2.73. The molecule has 0 aliphatic heterocycles. The van der Waals surface area contributed by atoms with E-state index in [1.54, 1.807) is 0 Å². The van der Waals surface area contributed by atoms with Crippen molar-refractivity contribution in [3.05, 3.63) is 54.1 Å². The average Bonchev–Trinajstić information content (AvgIpc) is 2.47. The van der Waals surface area contributed by atoms with Gasteiger partial charge in [-0.05, 0) is 24.3 Å². The highest BCUT2D eigenvalue weighted by molar-refractivity contribution is 5.92. The summed E-state index contributed by atoms with van der Waals surface area (Å²) in [6, 6.07) is 13.1. The predicted molar refractivity (Wildman–Crippen MR) is 76.6 cm³/mol. The van der Waals surface area contributed by atoms with Crippen molar-refractivity contribution < 1.29 is 24.5 Å². The van der Waals surface area contributed by atoms with E-state index in [-0.39, 0.29) is 23.7 Å². The third kappa shape index (κ3) is 4.42. The second-order valence-electron chi connectivity index (χ2n) is 4.35. The molecule has 2 N–H and O–H groups in total. The van der Waals surface area contributed by atoms with E-state index in [1.165, 1.54) is 12.1 Å². The van der Waals surface area contributed by atoms with Crippen molar-refractivity contribution >= 4 is 5.97 Å². The number of aromatic hydroxyl groups is 2. The number of phenols is 2. The molecule has 0 atom stereocenters. The van der Waals surface area contributed by atoms with Gasteiger partial charge in [-0.25, -0.2) is 4.79 Å². The molecule has 0 fully saturated rings. The van der Waals surface area contributed by atoms with Gasteiger partial charge in [0.15, 0.2) is 0 Å². The molecule has 5 nitrogen and oxygen atoms in total. The molecule has 21 heavy (non-hydrogen) atoms. The molecule has 5 heteroatoms. The lowest BCUT2D eigenvalue weighted by Crippen LogP contribution is -2.09. The topological polar surface area (TPSA) is 76.0 Å². The summed E-state index contributed by atoms with van der Waals surface area (Å²) in [5.41, 5.74) is 0.0248. The van der Waals surface area contributed by atoms with Crippen LogP contribution in [0.2, 0.25) is 0 Å². The second kappa shape index (κ2) is 7.19. The van der Waals surface area contributed by atoms with Crippen LogP contribution < -0.4 is 4.74 Å². The van der Waals surface area contributed by atoms with Crippen LogP contribution in [-0.2, 0) is 4.74 Å². The lowest BCUT2D eigenvalue weighted by molar-refractivity contribution is 0.0483. The van der Waals surface area contributed by atoms with Gasteiger partial charge in [-0.15, -0.1) is 0 Å². The van der Waals surface area contributed by atoms with Gasteiger partial charge in [-0.1, -0.05) is 18.2 Å².